The van der Waals surface area contributed by atoms with Gasteiger partial charge in [-0.25, -0.2) is 4.68 Å². The molecule has 0 amide bonds. The van der Waals surface area contributed by atoms with E-state index in [2.05, 4.69) is 16.9 Å². The Morgan fingerprint density at radius 2 is 2.32 bits per heavy atom. The van der Waals surface area contributed by atoms with Crippen LogP contribution in [0.4, 0.5) is 0 Å². The van der Waals surface area contributed by atoms with Gasteiger partial charge >= 0.3 is 0 Å². The Balaban J connectivity index is 2.30. The van der Waals surface area contributed by atoms with Gasteiger partial charge in [0, 0.05) is 12.5 Å². The van der Waals surface area contributed by atoms with E-state index in [0.29, 0.717) is 18.7 Å². The summed E-state index contributed by atoms with van der Waals surface area (Å²) in [4.78, 5) is 11.6. The van der Waals surface area contributed by atoms with Crippen LogP contribution in [0.15, 0.2) is 16.9 Å². The van der Waals surface area contributed by atoms with Gasteiger partial charge in [-0.05, 0) is 32.8 Å². The lowest BCUT2D eigenvalue weighted by atomic mass is 9.97. The third kappa shape index (κ3) is 2.86. The molecular weight excluding hydrogens is 244 g/mol. The second-order valence-corrected chi connectivity index (χ2v) is 5.03. The smallest absolute Gasteiger partial charge is 0.267 e. The summed E-state index contributed by atoms with van der Waals surface area (Å²) in [5, 5.41) is 14.4. The number of ether oxygens (including phenoxy) is 1. The van der Waals surface area contributed by atoms with Crippen molar-refractivity contribution >= 4 is 0 Å². The molecule has 2 unspecified atom stereocenters. The van der Waals surface area contributed by atoms with Crippen molar-refractivity contribution in [2.24, 2.45) is 0 Å². The van der Waals surface area contributed by atoms with Crippen LogP contribution >= 0.6 is 0 Å². The molecule has 1 saturated heterocycles. The van der Waals surface area contributed by atoms with Crippen LogP contribution in [-0.4, -0.2) is 33.2 Å². The molecule has 5 nitrogen and oxygen atoms in total. The van der Waals surface area contributed by atoms with E-state index < -0.39 is 5.60 Å². The van der Waals surface area contributed by atoms with Crippen molar-refractivity contribution < 1.29 is 9.84 Å². The average molecular weight is 262 g/mol. The molecule has 0 aromatic carbocycles. The second kappa shape index (κ2) is 5.16. The van der Waals surface area contributed by atoms with Crippen molar-refractivity contribution in [2.75, 3.05) is 6.61 Å². The quantitative estimate of drug-likeness (QED) is 0.757. The highest BCUT2D eigenvalue weighted by Gasteiger charge is 2.37. The Labute approximate surface area is 112 Å². The van der Waals surface area contributed by atoms with E-state index in [9.17, 15) is 9.90 Å². The predicted molar refractivity (Wildman–Crippen MR) is 70.7 cm³/mol. The van der Waals surface area contributed by atoms with Crippen LogP contribution in [0, 0.1) is 11.8 Å². The minimum absolute atomic E-state index is 0.0222. The van der Waals surface area contributed by atoms with Crippen molar-refractivity contribution in [1.82, 2.24) is 9.78 Å². The number of aromatic nitrogens is 2. The molecule has 2 atom stereocenters. The number of rotatable bonds is 1. The first kappa shape index (κ1) is 13.8. The maximum atomic E-state index is 11.6. The van der Waals surface area contributed by atoms with Gasteiger partial charge in [0.25, 0.3) is 5.56 Å². The minimum atomic E-state index is -1.12. The summed E-state index contributed by atoms with van der Waals surface area (Å²) in [7, 11) is 0. The minimum Gasteiger partial charge on any atom is -0.375 e. The fraction of sp³-hybridized carbons (Fsp3) is 0.571. The summed E-state index contributed by atoms with van der Waals surface area (Å²) >= 11 is 0. The Bertz CT molecular complexity index is 582. The van der Waals surface area contributed by atoms with E-state index >= 15 is 0 Å². The van der Waals surface area contributed by atoms with Crippen molar-refractivity contribution in [2.45, 2.75) is 44.9 Å². The van der Waals surface area contributed by atoms with Gasteiger partial charge in [-0.3, -0.25) is 4.79 Å². The highest BCUT2D eigenvalue weighted by molar-refractivity contribution is 5.31. The first-order valence-corrected chi connectivity index (χ1v) is 6.39. The summed E-state index contributed by atoms with van der Waals surface area (Å²) < 4.78 is 6.69. The summed E-state index contributed by atoms with van der Waals surface area (Å²) in [6.45, 7) is 6.06. The zero-order valence-corrected chi connectivity index (χ0v) is 11.4. The van der Waals surface area contributed by atoms with Gasteiger partial charge in [0.15, 0.2) is 5.60 Å². The van der Waals surface area contributed by atoms with Crippen molar-refractivity contribution in [1.29, 1.82) is 0 Å². The molecule has 0 bridgehead atoms. The third-order valence-corrected chi connectivity index (χ3v) is 3.24. The molecule has 0 aliphatic carbocycles. The normalized spacial score (nSPS) is 26.3. The fourth-order valence-electron chi connectivity index (χ4n) is 1.93. The van der Waals surface area contributed by atoms with Gasteiger partial charge in [-0.2, -0.15) is 5.10 Å². The van der Waals surface area contributed by atoms with Crippen LogP contribution in [0.1, 0.15) is 38.9 Å². The summed E-state index contributed by atoms with van der Waals surface area (Å²) in [5.74, 6) is 5.64. The van der Waals surface area contributed by atoms with Gasteiger partial charge in [-0.15, -0.1) is 0 Å². The zero-order valence-electron chi connectivity index (χ0n) is 11.4. The molecular formula is C14H18N2O3. The lowest BCUT2D eigenvalue weighted by Gasteiger charge is -2.18. The van der Waals surface area contributed by atoms with Crippen LogP contribution in [0.5, 0.6) is 0 Å². The van der Waals surface area contributed by atoms with E-state index in [1.54, 1.807) is 13.0 Å². The molecule has 2 heterocycles. The van der Waals surface area contributed by atoms with Gasteiger partial charge in [0.2, 0.25) is 0 Å². The number of aliphatic hydroxyl groups is 1. The highest BCUT2D eigenvalue weighted by Crippen LogP contribution is 2.24. The molecule has 1 aromatic rings. The lowest BCUT2D eigenvalue weighted by molar-refractivity contribution is 0.0138. The molecule has 0 radical (unpaired) electrons. The number of nitrogens with zero attached hydrogens (tertiary/aromatic N) is 2. The fourth-order valence-corrected chi connectivity index (χ4v) is 1.93. The third-order valence-electron chi connectivity index (χ3n) is 3.24. The van der Waals surface area contributed by atoms with Gasteiger partial charge in [-0.1, -0.05) is 5.92 Å². The molecule has 102 valence electrons. The zero-order chi connectivity index (χ0) is 14.0. The Hall–Kier alpha value is -1.64. The average Bonchev–Trinajstić information content (AvgIpc) is 2.69. The summed E-state index contributed by atoms with van der Waals surface area (Å²) in [5.41, 5.74) is -0.807. The maximum Gasteiger partial charge on any atom is 0.267 e. The molecule has 1 aliphatic rings. The van der Waals surface area contributed by atoms with Crippen molar-refractivity contribution in [3.05, 3.63) is 28.2 Å². The predicted octanol–water partition coefficient (Wildman–Crippen LogP) is 0.716. The molecule has 1 fully saturated rings. The molecule has 0 saturated carbocycles. The Kier molecular flexibility index (Phi) is 3.74. The second-order valence-electron chi connectivity index (χ2n) is 5.03. The monoisotopic (exact) mass is 262 g/mol. The maximum absolute atomic E-state index is 11.6. The van der Waals surface area contributed by atoms with E-state index in [1.807, 2.05) is 13.8 Å². The van der Waals surface area contributed by atoms with Crippen molar-refractivity contribution in [3.8, 4) is 11.8 Å². The number of hydrogen-bond acceptors (Lipinski definition) is 4. The Morgan fingerprint density at radius 3 is 2.89 bits per heavy atom. The van der Waals surface area contributed by atoms with Crippen LogP contribution in [0.3, 0.4) is 0 Å². The standard InChI is InChI=1S/C14H18N2O3/c1-10(2)16-13(17)5-4-12(15-16)6-7-14(18)8-9-19-11(14)3/h4-5,10-11,18H,8-9H2,1-3H3. The first-order chi connectivity index (χ1) is 8.92. The van der Waals surface area contributed by atoms with E-state index in [-0.39, 0.29) is 17.7 Å². The molecule has 1 aromatic heterocycles. The van der Waals surface area contributed by atoms with E-state index in [0.717, 1.165) is 0 Å². The molecule has 1 N–H and O–H groups in total. The highest BCUT2D eigenvalue weighted by atomic mass is 16.5. The lowest BCUT2D eigenvalue weighted by Crippen LogP contribution is -2.34. The van der Waals surface area contributed by atoms with Crippen LogP contribution in [0.2, 0.25) is 0 Å². The summed E-state index contributed by atoms with van der Waals surface area (Å²) in [6.07, 6.45) is 0.182. The van der Waals surface area contributed by atoms with E-state index in [4.69, 9.17) is 4.74 Å². The molecule has 5 heteroatoms. The van der Waals surface area contributed by atoms with Gasteiger partial charge in [0.1, 0.15) is 5.69 Å². The van der Waals surface area contributed by atoms with Crippen LogP contribution in [-0.2, 0) is 4.74 Å². The largest absolute Gasteiger partial charge is 0.375 e. The molecule has 1 aliphatic heterocycles. The van der Waals surface area contributed by atoms with Crippen LogP contribution in [0.25, 0.3) is 0 Å². The SMILES string of the molecule is CC(C)n1nc(C#CC2(O)CCOC2C)ccc1=O. The van der Waals surface area contributed by atoms with Crippen LogP contribution < -0.4 is 5.56 Å². The van der Waals surface area contributed by atoms with Gasteiger partial charge in [0.05, 0.1) is 18.8 Å². The van der Waals surface area contributed by atoms with E-state index in [1.165, 1.54) is 10.7 Å². The molecule has 2 rings (SSSR count). The molecule has 0 spiro atoms. The Morgan fingerprint density at radius 1 is 1.58 bits per heavy atom. The van der Waals surface area contributed by atoms with Crippen molar-refractivity contribution in [3.63, 3.8) is 0 Å². The summed E-state index contributed by atoms with van der Waals surface area (Å²) in [6, 6.07) is 2.99. The van der Waals surface area contributed by atoms with Gasteiger partial charge < -0.3 is 9.84 Å². The first-order valence-electron chi connectivity index (χ1n) is 6.39. The number of hydrogen-bond donors (Lipinski definition) is 1. The topological polar surface area (TPSA) is 64.3 Å². The molecule has 19 heavy (non-hydrogen) atoms.